The molecule has 5 aliphatic rings. The topological polar surface area (TPSA) is 121 Å². The van der Waals surface area contributed by atoms with Crippen LogP contribution < -0.4 is 0 Å². The monoisotopic (exact) mass is 751 g/mol. The van der Waals surface area contributed by atoms with Gasteiger partial charge in [-0.2, -0.15) is 0 Å². The van der Waals surface area contributed by atoms with Crippen LogP contribution in [0.1, 0.15) is 125 Å². The molecule has 292 valence electrons. The predicted octanol–water partition coefficient (Wildman–Crippen LogP) is 8.66. The van der Waals surface area contributed by atoms with Gasteiger partial charge in [0, 0.05) is 36.9 Å². The first kappa shape index (κ1) is 40.0. The van der Waals surface area contributed by atoms with E-state index in [0.29, 0.717) is 35.7 Å². The van der Waals surface area contributed by atoms with Crippen LogP contribution in [0.5, 0.6) is 0 Å². The third kappa shape index (κ3) is 6.91. The van der Waals surface area contributed by atoms with Crippen molar-refractivity contribution in [1.29, 1.82) is 0 Å². The molecule has 0 saturated heterocycles. The average molecular weight is 752 g/mol. The molecule has 2 N–H and O–H groups in total. The van der Waals surface area contributed by atoms with Gasteiger partial charge in [0.1, 0.15) is 6.10 Å². The summed E-state index contributed by atoms with van der Waals surface area (Å²) in [6.45, 7) is 16.6. The Morgan fingerprint density at radius 3 is 2.32 bits per heavy atom. The summed E-state index contributed by atoms with van der Waals surface area (Å²) in [4.78, 5) is 53.3. The Morgan fingerprint density at radius 1 is 1.02 bits per heavy atom. The number of hydrogen-bond acceptors (Lipinski definition) is 6. The van der Waals surface area contributed by atoms with Crippen LogP contribution in [0, 0.1) is 57.2 Å². The standard InChI is InChI=1S/C44H62ClNO7/c1-25(2)38-33(48)21-44(36(49)24-46(27(4)47)23-28-10-9-11-29(45)20-28)19-15-32-30(39(38)44)12-13-35-42(7)18-16-34(26(3)31(42)14-17-43(32,35)8)53-37(50)22-41(5,6)40(51)52/h9-11,20,25-26,30-32,34-36,49H,12-19,21-24H2,1-8H3,(H,51,52). The molecule has 6 rings (SSSR count). The summed E-state index contributed by atoms with van der Waals surface area (Å²) in [7, 11) is 0. The van der Waals surface area contributed by atoms with E-state index in [1.54, 1.807) is 25.7 Å². The highest BCUT2D eigenvalue weighted by molar-refractivity contribution is 6.30. The lowest BCUT2D eigenvalue weighted by Crippen LogP contribution is -2.61. The molecule has 0 heterocycles. The third-order valence-electron chi connectivity index (χ3n) is 15.4. The van der Waals surface area contributed by atoms with Crippen molar-refractivity contribution in [3.8, 4) is 0 Å². The number of carbonyl (C=O) groups is 4. The molecule has 0 radical (unpaired) electrons. The van der Waals surface area contributed by atoms with Gasteiger partial charge in [0.05, 0.1) is 17.9 Å². The van der Waals surface area contributed by atoms with Gasteiger partial charge in [0.15, 0.2) is 5.78 Å². The average Bonchev–Trinajstić information content (AvgIpc) is 3.39. The quantitative estimate of drug-likeness (QED) is 0.230. The Kier molecular flexibility index (Phi) is 10.9. The molecule has 9 heteroatoms. The predicted molar refractivity (Wildman–Crippen MR) is 205 cm³/mol. The van der Waals surface area contributed by atoms with Crippen molar-refractivity contribution in [1.82, 2.24) is 4.90 Å². The number of rotatable bonds is 10. The van der Waals surface area contributed by atoms with Crippen molar-refractivity contribution < 1.29 is 34.1 Å². The maximum atomic E-state index is 14.0. The zero-order valence-corrected chi connectivity index (χ0v) is 33.9. The Morgan fingerprint density at radius 2 is 1.68 bits per heavy atom. The molecule has 8 nitrogen and oxygen atoms in total. The lowest BCUT2D eigenvalue weighted by atomic mass is 9.38. The molecule has 10 unspecified atom stereocenters. The van der Waals surface area contributed by atoms with Crippen LogP contribution in [0.15, 0.2) is 35.4 Å². The molecular formula is C44H62ClNO7. The summed E-state index contributed by atoms with van der Waals surface area (Å²) in [5.74, 6) is 0.357. The lowest BCUT2D eigenvalue weighted by molar-refractivity contribution is -0.193. The van der Waals surface area contributed by atoms with Gasteiger partial charge in [0.2, 0.25) is 5.91 Å². The Bertz CT molecular complexity index is 1670. The second-order valence-corrected chi connectivity index (χ2v) is 19.6. The van der Waals surface area contributed by atoms with E-state index < -0.39 is 28.9 Å². The van der Waals surface area contributed by atoms with Crippen LogP contribution in [0.3, 0.4) is 0 Å². The van der Waals surface area contributed by atoms with E-state index in [9.17, 15) is 29.4 Å². The number of ketones is 1. The van der Waals surface area contributed by atoms with Gasteiger partial charge in [0.25, 0.3) is 0 Å². The number of amides is 1. The second-order valence-electron chi connectivity index (χ2n) is 19.1. The summed E-state index contributed by atoms with van der Waals surface area (Å²) in [5, 5.41) is 22.5. The number of hydrogen-bond donors (Lipinski definition) is 2. The highest BCUT2D eigenvalue weighted by Gasteiger charge is 2.66. The molecular weight excluding hydrogens is 690 g/mol. The number of carboxylic acids is 1. The van der Waals surface area contributed by atoms with E-state index in [-0.39, 0.29) is 59.3 Å². The van der Waals surface area contributed by atoms with Crippen LogP contribution >= 0.6 is 11.6 Å². The fraction of sp³-hybridized carbons (Fsp3) is 0.727. The van der Waals surface area contributed by atoms with Crippen molar-refractivity contribution in [3.05, 3.63) is 46.0 Å². The van der Waals surface area contributed by atoms with Crippen molar-refractivity contribution >= 4 is 35.2 Å². The molecule has 0 aliphatic heterocycles. The molecule has 4 saturated carbocycles. The molecule has 5 aliphatic carbocycles. The van der Waals surface area contributed by atoms with Crippen molar-refractivity contribution in [3.63, 3.8) is 0 Å². The smallest absolute Gasteiger partial charge is 0.309 e. The first-order valence-electron chi connectivity index (χ1n) is 20.1. The number of ether oxygens (including phenoxy) is 1. The van der Waals surface area contributed by atoms with E-state index in [1.807, 2.05) is 24.3 Å². The van der Waals surface area contributed by atoms with Gasteiger partial charge in [-0.1, -0.05) is 63.9 Å². The van der Waals surface area contributed by atoms with Crippen molar-refractivity contribution in [2.24, 2.45) is 57.2 Å². The number of carbonyl (C=O) groups excluding carboxylic acids is 3. The summed E-state index contributed by atoms with van der Waals surface area (Å²) in [6.07, 6.45) is 6.68. The normalized spacial score (nSPS) is 35.9. The molecule has 0 spiro atoms. The molecule has 1 aromatic carbocycles. The van der Waals surface area contributed by atoms with Crippen LogP contribution in [0.4, 0.5) is 0 Å². The van der Waals surface area contributed by atoms with E-state index >= 15 is 0 Å². The maximum absolute atomic E-state index is 14.0. The molecule has 1 aromatic rings. The van der Waals surface area contributed by atoms with Crippen molar-refractivity contribution in [2.45, 2.75) is 138 Å². The number of halogens is 1. The molecule has 53 heavy (non-hydrogen) atoms. The van der Waals surface area contributed by atoms with E-state index in [0.717, 1.165) is 62.5 Å². The fourth-order valence-electron chi connectivity index (χ4n) is 12.7. The van der Waals surface area contributed by atoms with Gasteiger partial charge in [-0.05, 0) is 135 Å². The second kappa shape index (κ2) is 14.4. The number of allylic oxidation sites excluding steroid dienone is 1. The number of aliphatic hydroxyl groups excluding tert-OH is 1. The minimum absolute atomic E-state index is 0.0550. The highest BCUT2D eigenvalue weighted by atomic mass is 35.5. The molecule has 4 fully saturated rings. The minimum atomic E-state index is -1.17. The highest BCUT2D eigenvalue weighted by Crippen LogP contribution is 2.72. The Balaban J connectivity index is 1.24. The number of benzene rings is 1. The zero-order chi connectivity index (χ0) is 38.8. The first-order valence-corrected chi connectivity index (χ1v) is 20.5. The van der Waals surface area contributed by atoms with Crippen LogP contribution in [-0.2, 0) is 30.5 Å². The minimum Gasteiger partial charge on any atom is -0.481 e. The third-order valence-corrected chi connectivity index (χ3v) is 15.6. The molecule has 0 aromatic heterocycles. The van der Waals surface area contributed by atoms with E-state index in [4.69, 9.17) is 16.3 Å². The van der Waals surface area contributed by atoms with Gasteiger partial charge < -0.3 is 19.8 Å². The Hall–Kier alpha value is -2.71. The van der Waals surface area contributed by atoms with Crippen LogP contribution in [0.25, 0.3) is 0 Å². The maximum Gasteiger partial charge on any atom is 0.309 e. The summed E-state index contributed by atoms with van der Waals surface area (Å²) in [5.41, 5.74) is 1.34. The van der Waals surface area contributed by atoms with Gasteiger partial charge >= 0.3 is 11.9 Å². The molecule has 1 amide bonds. The van der Waals surface area contributed by atoms with Gasteiger partial charge in [-0.15, -0.1) is 0 Å². The zero-order valence-electron chi connectivity index (χ0n) is 33.2. The number of carboxylic acid groups (broad SMARTS) is 1. The number of fused-ring (bicyclic) bond motifs is 7. The fourth-order valence-corrected chi connectivity index (χ4v) is 12.9. The number of Topliss-reactive ketones (excluding diaryl/α,β-unsaturated/α-hetero) is 1. The van der Waals surface area contributed by atoms with Crippen molar-refractivity contribution in [2.75, 3.05) is 6.54 Å². The SMILES string of the molecule is CC(=O)N(Cc1cccc(Cl)c1)CC(O)C12CCC3C(CCC4C3(C)CCC3C(C)C(OC(=O)CC(C)(C)C(=O)O)CCC34C)C1=C(C(C)C)C(=O)C2. The summed E-state index contributed by atoms with van der Waals surface area (Å²) in [6, 6.07) is 7.47. The van der Waals surface area contributed by atoms with E-state index in [2.05, 4.69) is 34.6 Å². The molecule has 10 atom stereocenters. The summed E-state index contributed by atoms with van der Waals surface area (Å²) < 4.78 is 6.04. The van der Waals surface area contributed by atoms with Gasteiger partial charge in [-0.3, -0.25) is 19.2 Å². The van der Waals surface area contributed by atoms with Gasteiger partial charge in [-0.25, -0.2) is 0 Å². The largest absolute Gasteiger partial charge is 0.481 e. The molecule has 0 bridgehead atoms. The first-order chi connectivity index (χ1) is 24.7. The summed E-state index contributed by atoms with van der Waals surface area (Å²) >= 11 is 6.27. The number of esters is 1. The van der Waals surface area contributed by atoms with Crippen LogP contribution in [-0.4, -0.2) is 57.5 Å². The Labute approximate surface area is 321 Å². The van der Waals surface area contributed by atoms with E-state index in [1.165, 1.54) is 5.57 Å². The number of aliphatic hydroxyl groups is 1. The lowest BCUT2D eigenvalue weighted by Gasteiger charge is -2.67. The number of aliphatic carboxylic acids is 1. The van der Waals surface area contributed by atoms with Crippen LogP contribution in [0.2, 0.25) is 5.02 Å². The number of nitrogens with zero attached hydrogens (tertiary/aromatic N) is 1.